The van der Waals surface area contributed by atoms with Crippen molar-refractivity contribution in [2.45, 2.75) is 44.2 Å². The van der Waals surface area contributed by atoms with Crippen LogP contribution in [0.15, 0.2) is 48.5 Å². The fraction of sp³-hybridized carbons (Fsp3) is 0.379. The van der Waals surface area contributed by atoms with Crippen molar-refractivity contribution < 1.29 is 23.0 Å². The third kappa shape index (κ3) is 6.50. The van der Waals surface area contributed by atoms with E-state index >= 15 is 0 Å². The summed E-state index contributed by atoms with van der Waals surface area (Å²) in [5, 5.41) is 4.20. The monoisotopic (exact) mass is 509 g/mol. The van der Waals surface area contributed by atoms with E-state index in [0.29, 0.717) is 41.9 Å². The van der Waals surface area contributed by atoms with Gasteiger partial charge < -0.3 is 20.5 Å². The summed E-state index contributed by atoms with van der Waals surface area (Å²) >= 11 is 0. The smallest absolute Gasteiger partial charge is 0.338 e. The fourth-order valence-corrected chi connectivity index (χ4v) is 5.07. The molecule has 0 bridgehead atoms. The lowest BCUT2D eigenvalue weighted by Crippen LogP contribution is -2.39. The topological polar surface area (TPSA) is 86.5 Å². The highest BCUT2D eigenvalue weighted by Crippen LogP contribution is 2.31. The molecule has 0 spiro atoms. The van der Waals surface area contributed by atoms with Crippen molar-refractivity contribution >= 4 is 22.9 Å². The van der Waals surface area contributed by atoms with Crippen LogP contribution in [-0.4, -0.2) is 43.8 Å². The molecule has 1 aliphatic rings. The van der Waals surface area contributed by atoms with E-state index in [9.17, 15) is 13.6 Å². The number of benzene rings is 2. The van der Waals surface area contributed by atoms with Crippen molar-refractivity contribution in [3.8, 4) is 5.88 Å². The standard InChI is InChI=1S/C29H33F2N3O3/c1-36-28-20(16-24-23(29(35)37-2)6-3-7-27(24)34-28)17-26(32)18-8-11-22(12-9-18)33-14-4-5-19-15-21(30)10-13-25(19)31/h3-7,10,13,15-16,18,22,26,33H,8-9,11-12,14,17,32H2,1-2H3/b5-4+/t18-,22-,26-/m1/s1. The molecule has 0 radical (unpaired) electrons. The predicted octanol–water partition coefficient (Wildman–Crippen LogP) is 5.04. The Morgan fingerprint density at radius 2 is 1.95 bits per heavy atom. The summed E-state index contributed by atoms with van der Waals surface area (Å²) in [6.07, 6.45) is 7.95. The zero-order chi connectivity index (χ0) is 26.4. The first-order chi connectivity index (χ1) is 17.9. The van der Waals surface area contributed by atoms with Crippen LogP contribution in [0.4, 0.5) is 8.78 Å². The molecule has 1 fully saturated rings. The summed E-state index contributed by atoms with van der Waals surface area (Å²) in [7, 11) is 2.95. The van der Waals surface area contributed by atoms with Gasteiger partial charge in [0.05, 0.1) is 25.3 Å². The molecule has 8 heteroatoms. The Morgan fingerprint density at radius 1 is 1.16 bits per heavy atom. The quantitative estimate of drug-likeness (QED) is 0.393. The van der Waals surface area contributed by atoms with Crippen molar-refractivity contribution in [3.05, 3.63) is 76.9 Å². The van der Waals surface area contributed by atoms with E-state index in [-0.39, 0.29) is 11.6 Å². The van der Waals surface area contributed by atoms with E-state index < -0.39 is 17.6 Å². The number of pyridine rings is 1. The summed E-state index contributed by atoms with van der Waals surface area (Å²) in [5.74, 6) is -0.431. The molecule has 0 saturated heterocycles. The number of aromatic nitrogens is 1. The van der Waals surface area contributed by atoms with Gasteiger partial charge in [-0.15, -0.1) is 0 Å². The van der Waals surface area contributed by atoms with Crippen molar-refractivity contribution in [3.63, 3.8) is 0 Å². The molecule has 4 rings (SSSR count). The van der Waals surface area contributed by atoms with Crippen LogP contribution in [0.2, 0.25) is 0 Å². The lowest BCUT2D eigenvalue weighted by Gasteiger charge is -2.32. The highest BCUT2D eigenvalue weighted by Gasteiger charge is 2.26. The molecule has 1 saturated carbocycles. The number of halogens is 2. The van der Waals surface area contributed by atoms with Gasteiger partial charge in [-0.3, -0.25) is 0 Å². The van der Waals surface area contributed by atoms with Gasteiger partial charge in [0.15, 0.2) is 0 Å². The molecule has 1 aromatic heterocycles. The fourth-order valence-electron chi connectivity index (χ4n) is 5.07. The Morgan fingerprint density at radius 3 is 2.68 bits per heavy atom. The number of fused-ring (bicyclic) bond motifs is 1. The minimum Gasteiger partial charge on any atom is -0.481 e. The SMILES string of the molecule is COC(=O)c1cccc2nc(OC)c(C[C@@H](N)[C@H]3CC[C@H](NC/C=C/c4cc(F)ccc4F)CC3)cc12. The summed E-state index contributed by atoms with van der Waals surface area (Å²) in [6.45, 7) is 0.583. The van der Waals surface area contributed by atoms with E-state index in [4.69, 9.17) is 15.2 Å². The number of methoxy groups -OCH3 is 2. The molecular weight excluding hydrogens is 476 g/mol. The molecule has 0 unspecified atom stereocenters. The highest BCUT2D eigenvalue weighted by molar-refractivity contribution is 6.03. The van der Waals surface area contributed by atoms with Crippen molar-refractivity contribution in [2.75, 3.05) is 20.8 Å². The molecule has 1 heterocycles. The van der Waals surface area contributed by atoms with Gasteiger partial charge in [-0.05, 0) is 74.4 Å². The van der Waals surface area contributed by atoms with Gasteiger partial charge in [-0.2, -0.15) is 0 Å². The molecule has 1 atom stereocenters. The zero-order valence-corrected chi connectivity index (χ0v) is 21.2. The zero-order valence-electron chi connectivity index (χ0n) is 21.2. The van der Waals surface area contributed by atoms with Crippen molar-refractivity contribution in [2.24, 2.45) is 11.7 Å². The number of nitrogens with zero attached hydrogens (tertiary/aromatic N) is 1. The van der Waals surface area contributed by atoms with Crippen LogP contribution < -0.4 is 15.8 Å². The number of esters is 1. The number of nitrogens with one attached hydrogen (secondary N) is 1. The molecule has 3 N–H and O–H groups in total. The first-order valence-electron chi connectivity index (χ1n) is 12.5. The maximum atomic E-state index is 13.7. The molecule has 196 valence electrons. The molecule has 6 nitrogen and oxygen atoms in total. The summed E-state index contributed by atoms with van der Waals surface area (Å²) < 4.78 is 37.5. The van der Waals surface area contributed by atoms with Gasteiger partial charge in [0, 0.05) is 35.1 Å². The predicted molar refractivity (Wildman–Crippen MR) is 140 cm³/mol. The van der Waals surface area contributed by atoms with E-state index in [1.54, 1.807) is 25.3 Å². The second kappa shape index (κ2) is 12.3. The van der Waals surface area contributed by atoms with Gasteiger partial charge in [-0.1, -0.05) is 18.2 Å². The van der Waals surface area contributed by atoms with E-state index in [2.05, 4.69) is 10.3 Å². The summed E-state index contributed by atoms with van der Waals surface area (Å²) in [5.41, 5.74) is 8.90. The van der Waals surface area contributed by atoms with Crippen molar-refractivity contribution in [1.29, 1.82) is 0 Å². The van der Waals surface area contributed by atoms with Crippen LogP contribution in [0.1, 0.15) is 47.2 Å². The number of ether oxygens (including phenoxy) is 2. The van der Waals surface area contributed by atoms with Crippen LogP contribution in [0.3, 0.4) is 0 Å². The van der Waals surface area contributed by atoms with Crippen LogP contribution >= 0.6 is 0 Å². The number of carbonyl (C=O) groups excluding carboxylic acids is 1. The summed E-state index contributed by atoms with van der Waals surface area (Å²) in [6, 6.07) is 11.0. The lowest BCUT2D eigenvalue weighted by atomic mass is 9.80. The molecule has 2 aromatic carbocycles. The molecule has 0 aliphatic heterocycles. The third-order valence-corrected chi connectivity index (χ3v) is 7.11. The third-order valence-electron chi connectivity index (χ3n) is 7.11. The minimum atomic E-state index is -0.454. The van der Waals surface area contributed by atoms with Crippen LogP contribution in [-0.2, 0) is 11.2 Å². The van der Waals surface area contributed by atoms with Crippen LogP contribution in [0.25, 0.3) is 17.0 Å². The number of nitrogens with two attached hydrogens (primary N) is 1. The maximum Gasteiger partial charge on any atom is 0.338 e. The average Bonchev–Trinajstić information content (AvgIpc) is 2.92. The van der Waals surface area contributed by atoms with Gasteiger partial charge in [0.2, 0.25) is 5.88 Å². The van der Waals surface area contributed by atoms with Gasteiger partial charge in [0.25, 0.3) is 0 Å². The van der Waals surface area contributed by atoms with E-state index in [0.717, 1.165) is 48.8 Å². The van der Waals surface area contributed by atoms with Crippen molar-refractivity contribution in [1.82, 2.24) is 10.3 Å². The minimum absolute atomic E-state index is 0.0739. The van der Waals surface area contributed by atoms with Gasteiger partial charge in [-0.25, -0.2) is 18.6 Å². The Labute approximate surface area is 215 Å². The summed E-state index contributed by atoms with van der Waals surface area (Å²) in [4.78, 5) is 16.8. The van der Waals surface area contributed by atoms with Crippen LogP contribution in [0, 0.1) is 17.6 Å². The second-order valence-corrected chi connectivity index (χ2v) is 9.48. The Kier molecular flexibility index (Phi) is 8.84. The first-order valence-corrected chi connectivity index (χ1v) is 12.5. The molecule has 1 aliphatic carbocycles. The molecule has 3 aromatic rings. The van der Waals surface area contributed by atoms with Crippen LogP contribution in [0.5, 0.6) is 5.88 Å². The first kappa shape index (κ1) is 26.7. The number of rotatable bonds is 9. The lowest BCUT2D eigenvalue weighted by molar-refractivity contribution is 0.0603. The Bertz CT molecular complexity index is 1270. The molecular formula is C29H33F2N3O3. The maximum absolute atomic E-state index is 13.7. The van der Waals surface area contributed by atoms with Gasteiger partial charge >= 0.3 is 5.97 Å². The van der Waals surface area contributed by atoms with E-state index in [1.807, 2.05) is 18.2 Å². The van der Waals surface area contributed by atoms with Gasteiger partial charge in [0.1, 0.15) is 11.6 Å². The molecule has 37 heavy (non-hydrogen) atoms. The molecule has 0 amide bonds. The largest absolute Gasteiger partial charge is 0.481 e. The highest BCUT2D eigenvalue weighted by atomic mass is 19.1. The normalized spacial score (nSPS) is 18.7. The number of hydrogen-bond acceptors (Lipinski definition) is 6. The Hall–Kier alpha value is -3.36. The number of carbonyl (C=O) groups is 1. The second-order valence-electron chi connectivity index (χ2n) is 9.48. The van der Waals surface area contributed by atoms with E-state index in [1.165, 1.54) is 13.2 Å². The average molecular weight is 510 g/mol. The Balaban J connectivity index is 1.34. The number of hydrogen-bond donors (Lipinski definition) is 2.